The van der Waals surface area contributed by atoms with Crippen molar-refractivity contribution in [1.82, 2.24) is 14.4 Å². The molecule has 7 nitrogen and oxygen atoms in total. The summed E-state index contributed by atoms with van der Waals surface area (Å²) in [6.45, 7) is 3.33. The monoisotopic (exact) mass is 329 g/mol. The van der Waals surface area contributed by atoms with E-state index in [0.717, 1.165) is 31.6 Å². The van der Waals surface area contributed by atoms with Gasteiger partial charge in [0, 0.05) is 25.4 Å². The highest BCUT2D eigenvalue weighted by molar-refractivity contribution is 7.89. The molecule has 0 unspecified atom stereocenters. The third kappa shape index (κ3) is 3.85. The van der Waals surface area contributed by atoms with Gasteiger partial charge < -0.3 is 9.26 Å². The average molecular weight is 329 g/mol. The molecular formula is C14H23N3O4S. The fourth-order valence-corrected chi connectivity index (χ4v) is 3.77. The molecule has 124 valence electrons. The van der Waals surface area contributed by atoms with E-state index in [1.54, 1.807) is 11.2 Å². The van der Waals surface area contributed by atoms with Gasteiger partial charge in [0.05, 0.1) is 18.5 Å². The van der Waals surface area contributed by atoms with Crippen LogP contribution in [0.4, 0.5) is 0 Å². The van der Waals surface area contributed by atoms with Gasteiger partial charge in [-0.2, -0.15) is 4.98 Å². The lowest BCUT2D eigenvalue weighted by Gasteiger charge is -2.30. The molecule has 0 atom stereocenters. The van der Waals surface area contributed by atoms with E-state index in [-0.39, 0.29) is 11.9 Å². The van der Waals surface area contributed by atoms with Crippen LogP contribution < -0.4 is 0 Å². The number of hydrogen-bond donors (Lipinski definition) is 0. The molecule has 1 aliphatic heterocycles. The summed E-state index contributed by atoms with van der Waals surface area (Å²) in [7, 11) is -3.06. The van der Waals surface area contributed by atoms with Gasteiger partial charge in [-0.1, -0.05) is 5.16 Å². The Bertz CT molecular complexity index is 589. The Kier molecular flexibility index (Phi) is 4.79. The Balaban J connectivity index is 1.38. The van der Waals surface area contributed by atoms with Crippen LogP contribution in [0.5, 0.6) is 0 Å². The predicted molar refractivity (Wildman–Crippen MR) is 80.0 cm³/mol. The molecule has 1 saturated heterocycles. The maximum absolute atomic E-state index is 11.8. The minimum Gasteiger partial charge on any atom is -0.378 e. The lowest BCUT2D eigenvalue weighted by Crippen LogP contribution is -2.41. The molecule has 0 N–H and O–H groups in total. The van der Waals surface area contributed by atoms with E-state index in [4.69, 9.17) is 9.26 Å². The van der Waals surface area contributed by atoms with Crippen molar-refractivity contribution in [3.63, 3.8) is 0 Å². The van der Waals surface area contributed by atoms with Crippen LogP contribution in [0.2, 0.25) is 0 Å². The third-order valence-electron chi connectivity index (χ3n) is 4.25. The van der Waals surface area contributed by atoms with E-state index < -0.39 is 10.0 Å². The lowest BCUT2D eigenvalue weighted by atomic mass is 10.1. The molecule has 0 amide bonds. The second kappa shape index (κ2) is 6.64. The molecule has 1 aromatic rings. The Morgan fingerprint density at radius 2 is 2.00 bits per heavy atom. The summed E-state index contributed by atoms with van der Waals surface area (Å²) in [6, 6.07) is 0. The lowest BCUT2D eigenvalue weighted by molar-refractivity contribution is 0.0222. The largest absolute Gasteiger partial charge is 0.378 e. The molecule has 2 aliphatic rings. The first-order chi connectivity index (χ1) is 10.6. The minimum atomic E-state index is -3.06. The summed E-state index contributed by atoms with van der Waals surface area (Å²) >= 11 is 0. The van der Waals surface area contributed by atoms with E-state index >= 15 is 0 Å². The molecular weight excluding hydrogens is 306 g/mol. The van der Waals surface area contributed by atoms with Gasteiger partial charge in [-0.15, -0.1) is 0 Å². The fourth-order valence-electron chi connectivity index (χ4n) is 2.64. The number of sulfonamides is 1. The number of aromatic nitrogens is 2. The summed E-state index contributed by atoms with van der Waals surface area (Å²) in [5, 5.41) is 3.96. The molecule has 0 radical (unpaired) electrons. The molecule has 1 aromatic heterocycles. The summed E-state index contributed by atoms with van der Waals surface area (Å²) in [5.41, 5.74) is 0. The number of piperidine rings is 1. The Labute approximate surface area is 131 Å². The zero-order valence-corrected chi connectivity index (χ0v) is 13.7. The summed E-state index contributed by atoms with van der Waals surface area (Å²) in [6.07, 6.45) is 4.56. The minimum absolute atomic E-state index is 0.123. The molecule has 3 rings (SSSR count). The second-order valence-electron chi connectivity index (χ2n) is 5.94. The number of nitrogens with zero attached hydrogens (tertiary/aromatic N) is 3. The van der Waals surface area contributed by atoms with Crippen LogP contribution in [0, 0.1) is 0 Å². The SMILES string of the molecule is CCS(=O)(=O)N1CCC(OCCc2noc(C3CC3)n2)CC1. The van der Waals surface area contributed by atoms with E-state index in [1.165, 1.54) is 0 Å². The van der Waals surface area contributed by atoms with Crippen LogP contribution in [0.25, 0.3) is 0 Å². The van der Waals surface area contributed by atoms with Gasteiger partial charge in [-0.05, 0) is 32.6 Å². The molecule has 1 aliphatic carbocycles. The topological polar surface area (TPSA) is 85.5 Å². The number of rotatable bonds is 7. The van der Waals surface area contributed by atoms with Gasteiger partial charge in [0.15, 0.2) is 5.82 Å². The van der Waals surface area contributed by atoms with Crippen molar-refractivity contribution in [1.29, 1.82) is 0 Å². The van der Waals surface area contributed by atoms with Crippen LogP contribution >= 0.6 is 0 Å². The molecule has 8 heteroatoms. The zero-order chi connectivity index (χ0) is 15.6. The Morgan fingerprint density at radius 3 is 2.64 bits per heavy atom. The van der Waals surface area contributed by atoms with Gasteiger partial charge in [0.1, 0.15) is 0 Å². The van der Waals surface area contributed by atoms with Gasteiger partial charge in [-0.25, -0.2) is 12.7 Å². The van der Waals surface area contributed by atoms with Gasteiger partial charge in [-0.3, -0.25) is 0 Å². The van der Waals surface area contributed by atoms with E-state index in [0.29, 0.717) is 37.9 Å². The average Bonchev–Trinajstić information content (AvgIpc) is 3.27. The van der Waals surface area contributed by atoms with Crippen LogP contribution in [0.15, 0.2) is 4.52 Å². The molecule has 1 saturated carbocycles. The van der Waals surface area contributed by atoms with Crippen molar-refractivity contribution >= 4 is 10.0 Å². The zero-order valence-electron chi connectivity index (χ0n) is 12.9. The number of ether oxygens (including phenoxy) is 1. The van der Waals surface area contributed by atoms with Crippen molar-refractivity contribution in [3.05, 3.63) is 11.7 Å². The highest BCUT2D eigenvalue weighted by atomic mass is 32.2. The van der Waals surface area contributed by atoms with Crippen molar-refractivity contribution in [3.8, 4) is 0 Å². The standard InChI is InChI=1S/C14H23N3O4S/c1-2-22(18,19)17-8-5-12(6-9-17)20-10-7-13-15-14(21-16-13)11-3-4-11/h11-12H,2-10H2,1H3. The van der Waals surface area contributed by atoms with Crippen molar-refractivity contribution < 1.29 is 17.7 Å². The first kappa shape index (κ1) is 15.9. The van der Waals surface area contributed by atoms with Gasteiger partial charge >= 0.3 is 0 Å². The summed E-state index contributed by atoms with van der Waals surface area (Å²) in [5.74, 6) is 2.10. The van der Waals surface area contributed by atoms with Crippen LogP contribution in [-0.2, 0) is 21.2 Å². The second-order valence-corrected chi connectivity index (χ2v) is 8.20. The van der Waals surface area contributed by atoms with Crippen LogP contribution in [0.3, 0.4) is 0 Å². The van der Waals surface area contributed by atoms with Gasteiger partial charge in [0.25, 0.3) is 0 Å². The third-order valence-corrected chi connectivity index (χ3v) is 6.13. The molecule has 2 fully saturated rings. The van der Waals surface area contributed by atoms with Crippen LogP contribution in [-0.4, -0.2) is 54.4 Å². The van der Waals surface area contributed by atoms with Crippen LogP contribution in [0.1, 0.15) is 50.2 Å². The van der Waals surface area contributed by atoms with Crippen molar-refractivity contribution in [2.75, 3.05) is 25.4 Å². The predicted octanol–water partition coefficient (Wildman–Crippen LogP) is 1.32. The maximum atomic E-state index is 11.8. The van der Waals surface area contributed by atoms with Crippen molar-refractivity contribution in [2.45, 2.75) is 51.0 Å². The normalized spacial score (nSPS) is 21.3. The molecule has 22 heavy (non-hydrogen) atoms. The quantitative estimate of drug-likeness (QED) is 0.750. The van der Waals surface area contributed by atoms with Crippen molar-refractivity contribution in [2.24, 2.45) is 0 Å². The molecule has 2 heterocycles. The Hall–Kier alpha value is -0.990. The molecule has 0 spiro atoms. The van der Waals surface area contributed by atoms with Gasteiger partial charge in [0.2, 0.25) is 15.9 Å². The van der Waals surface area contributed by atoms with E-state index in [2.05, 4.69) is 10.1 Å². The smallest absolute Gasteiger partial charge is 0.229 e. The highest BCUT2D eigenvalue weighted by Gasteiger charge is 2.30. The fraction of sp³-hybridized carbons (Fsp3) is 0.857. The molecule has 0 aromatic carbocycles. The van der Waals surface area contributed by atoms with E-state index in [1.807, 2.05) is 0 Å². The first-order valence-corrected chi connectivity index (χ1v) is 9.61. The maximum Gasteiger partial charge on any atom is 0.229 e. The number of hydrogen-bond acceptors (Lipinski definition) is 6. The first-order valence-electron chi connectivity index (χ1n) is 8.00. The van der Waals surface area contributed by atoms with E-state index in [9.17, 15) is 8.42 Å². The Morgan fingerprint density at radius 1 is 1.27 bits per heavy atom. The summed E-state index contributed by atoms with van der Waals surface area (Å²) < 4.78 is 36.2. The molecule has 0 bridgehead atoms. The highest BCUT2D eigenvalue weighted by Crippen LogP contribution is 2.38. The summed E-state index contributed by atoms with van der Waals surface area (Å²) in [4.78, 5) is 4.37.